The molecule has 0 saturated carbocycles. The van der Waals surface area contributed by atoms with E-state index in [1.54, 1.807) is 34.9 Å². The molecule has 2 aromatic carbocycles. The topological polar surface area (TPSA) is 68.5 Å². The molecule has 5 nitrogen and oxygen atoms in total. The summed E-state index contributed by atoms with van der Waals surface area (Å²) in [5.41, 5.74) is 0.598. The molecular formula is C19H14Cl2N2O3S2. The number of amides is 1. The van der Waals surface area contributed by atoms with Crippen molar-refractivity contribution in [2.45, 2.75) is 17.9 Å². The van der Waals surface area contributed by atoms with Gasteiger partial charge in [-0.25, -0.2) is 8.42 Å². The second-order valence-corrected chi connectivity index (χ2v) is 9.67. The number of sulfone groups is 1. The summed E-state index contributed by atoms with van der Waals surface area (Å²) in [4.78, 5) is 16.9. The normalized spacial score (nSPS) is 12.2. The third kappa shape index (κ3) is 4.31. The van der Waals surface area contributed by atoms with Crippen molar-refractivity contribution < 1.29 is 13.2 Å². The molecule has 0 unspecified atom stereocenters. The fraction of sp³-hybridized carbons (Fsp3) is 0.158. The Kier molecular flexibility index (Phi) is 6.26. The molecule has 1 amide bonds. The zero-order chi connectivity index (χ0) is 20.3. The van der Waals surface area contributed by atoms with Crippen LogP contribution in [0.2, 0.25) is 10.0 Å². The maximum Gasteiger partial charge on any atom is 0.249 e. The number of nitrogens with zero attached hydrogens (tertiary/aromatic N) is 2. The highest BCUT2D eigenvalue weighted by Crippen LogP contribution is 2.32. The molecule has 3 aromatic rings. The summed E-state index contributed by atoms with van der Waals surface area (Å²) in [5.74, 6) is 1.62. The highest BCUT2D eigenvalue weighted by molar-refractivity contribution is 7.91. The van der Waals surface area contributed by atoms with E-state index in [2.05, 4.69) is 10.9 Å². The molecule has 0 aliphatic carbocycles. The Morgan fingerprint density at radius 1 is 1.18 bits per heavy atom. The number of carbonyl (C=O) groups is 1. The number of aromatic nitrogens is 1. The van der Waals surface area contributed by atoms with Crippen molar-refractivity contribution in [1.29, 1.82) is 0 Å². The van der Waals surface area contributed by atoms with Crippen LogP contribution in [0.1, 0.15) is 6.42 Å². The average Bonchev–Trinajstić information content (AvgIpc) is 3.02. The summed E-state index contributed by atoms with van der Waals surface area (Å²) in [5, 5.41) is 0.691. The van der Waals surface area contributed by atoms with Crippen LogP contribution < -0.4 is 4.80 Å². The highest BCUT2D eigenvalue weighted by Gasteiger charge is 2.17. The van der Waals surface area contributed by atoms with E-state index >= 15 is 0 Å². The van der Waals surface area contributed by atoms with Gasteiger partial charge in [0.15, 0.2) is 14.6 Å². The Hall–Kier alpha value is -2.11. The van der Waals surface area contributed by atoms with Gasteiger partial charge >= 0.3 is 0 Å². The average molecular weight is 453 g/mol. The summed E-state index contributed by atoms with van der Waals surface area (Å²) in [7, 11) is -3.56. The number of halogens is 2. The van der Waals surface area contributed by atoms with Crippen molar-refractivity contribution in [2.75, 3.05) is 5.75 Å². The lowest BCUT2D eigenvalue weighted by molar-refractivity contribution is -0.117. The zero-order valence-corrected chi connectivity index (χ0v) is 17.6. The number of rotatable bonds is 5. The Balaban J connectivity index is 1.92. The largest absolute Gasteiger partial charge is 0.303 e. The van der Waals surface area contributed by atoms with Crippen LogP contribution in [0.5, 0.6) is 0 Å². The number of terminal acetylenes is 1. The third-order valence-electron chi connectivity index (χ3n) is 3.89. The van der Waals surface area contributed by atoms with Crippen molar-refractivity contribution in [3.8, 4) is 12.3 Å². The number of thiazole rings is 1. The van der Waals surface area contributed by atoms with Crippen molar-refractivity contribution in [3.05, 3.63) is 57.3 Å². The monoisotopic (exact) mass is 452 g/mol. The minimum absolute atomic E-state index is 0.147. The van der Waals surface area contributed by atoms with Gasteiger partial charge in [-0.15, -0.1) is 6.42 Å². The summed E-state index contributed by atoms with van der Waals surface area (Å²) in [6.07, 6.45) is 5.19. The molecule has 9 heteroatoms. The molecule has 0 aliphatic heterocycles. The minimum Gasteiger partial charge on any atom is -0.303 e. The van der Waals surface area contributed by atoms with Gasteiger partial charge < -0.3 is 4.57 Å². The lowest BCUT2D eigenvalue weighted by Gasteiger charge is -2.03. The van der Waals surface area contributed by atoms with Crippen molar-refractivity contribution in [2.24, 2.45) is 4.99 Å². The Morgan fingerprint density at radius 3 is 2.57 bits per heavy atom. The van der Waals surface area contributed by atoms with Gasteiger partial charge in [-0.05, 0) is 24.3 Å². The first-order valence-electron chi connectivity index (χ1n) is 8.09. The van der Waals surface area contributed by atoms with Gasteiger partial charge in [0, 0.05) is 6.42 Å². The Bertz CT molecular complexity index is 1250. The lowest BCUT2D eigenvalue weighted by atomic mass is 10.3. The van der Waals surface area contributed by atoms with E-state index in [0.29, 0.717) is 20.4 Å². The van der Waals surface area contributed by atoms with Crippen LogP contribution in [0.3, 0.4) is 0 Å². The lowest BCUT2D eigenvalue weighted by Crippen LogP contribution is -2.18. The van der Waals surface area contributed by atoms with Crippen LogP contribution in [0.4, 0.5) is 0 Å². The van der Waals surface area contributed by atoms with Gasteiger partial charge in [-0.3, -0.25) is 4.79 Å². The van der Waals surface area contributed by atoms with E-state index in [1.807, 2.05) is 0 Å². The highest BCUT2D eigenvalue weighted by atomic mass is 35.5. The van der Waals surface area contributed by atoms with Crippen LogP contribution >= 0.6 is 34.5 Å². The smallest absolute Gasteiger partial charge is 0.249 e. The quantitative estimate of drug-likeness (QED) is 0.550. The molecule has 0 N–H and O–H groups in total. The van der Waals surface area contributed by atoms with E-state index in [-0.39, 0.29) is 23.6 Å². The minimum atomic E-state index is -3.56. The molecule has 3 rings (SSSR count). The van der Waals surface area contributed by atoms with Crippen molar-refractivity contribution in [1.82, 2.24) is 4.57 Å². The van der Waals surface area contributed by atoms with Gasteiger partial charge in [0.2, 0.25) is 5.91 Å². The molecule has 1 aromatic heterocycles. The first kappa shape index (κ1) is 20.6. The van der Waals surface area contributed by atoms with E-state index in [4.69, 9.17) is 29.6 Å². The van der Waals surface area contributed by atoms with Gasteiger partial charge in [0.1, 0.15) is 0 Å². The molecule has 28 heavy (non-hydrogen) atoms. The summed E-state index contributed by atoms with van der Waals surface area (Å²) < 4.78 is 27.0. The van der Waals surface area contributed by atoms with E-state index in [0.717, 1.165) is 4.70 Å². The first-order valence-corrected chi connectivity index (χ1v) is 11.3. The van der Waals surface area contributed by atoms with Crippen molar-refractivity contribution in [3.63, 3.8) is 0 Å². The number of fused-ring (bicyclic) bond motifs is 1. The van der Waals surface area contributed by atoms with E-state index < -0.39 is 15.7 Å². The molecule has 0 radical (unpaired) electrons. The number of carbonyl (C=O) groups excluding carboxylic acids is 1. The summed E-state index contributed by atoms with van der Waals surface area (Å²) >= 11 is 13.6. The number of benzene rings is 2. The predicted octanol–water partition coefficient (Wildman–Crippen LogP) is 3.93. The van der Waals surface area contributed by atoms with Crippen LogP contribution in [0.25, 0.3) is 10.2 Å². The first-order chi connectivity index (χ1) is 13.3. The third-order valence-corrected chi connectivity index (χ3v) is 7.46. The second-order valence-electron chi connectivity index (χ2n) is 5.77. The SMILES string of the molecule is C#CCn1c(=NC(=O)CCS(=O)(=O)c2ccccc2)sc2ccc(Cl)c(Cl)c21. The molecule has 0 bridgehead atoms. The summed E-state index contributed by atoms with van der Waals surface area (Å²) in [6.45, 7) is 0.147. The molecule has 0 aliphatic rings. The zero-order valence-electron chi connectivity index (χ0n) is 14.4. The molecule has 0 saturated heterocycles. The van der Waals surface area contributed by atoms with Crippen LogP contribution in [-0.4, -0.2) is 24.6 Å². The van der Waals surface area contributed by atoms with Crippen LogP contribution in [0, 0.1) is 12.3 Å². The van der Waals surface area contributed by atoms with E-state index in [9.17, 15) is 13.2 Å². The Morgan fingerprint density at radius 2 is 1.89 bits per heavy atom. The predicted molar refractivity (Wildman–Crippen MR) is 112 cm³/mol. The maximum atomic E-state index is 12.3. The van der Waals surface area contributed by atoms with E-state index in [1.165, 1.54) is 23.5 Å². The molecule has 1 heterocycles. The van der Waals surface area contributed by atoms with Crippen molar-refractivity contribution >= 4 is 60.5 Å². The molecule has 0 fully saturated rings. The Labute approximate surface area is 176 Å². The number of hydrogen-bond donors (Lipinski definition) is 0. The number of hydrogen-bond acceptors (Lipinski definition) is 4. The fourth-order valence-corrected chi connectivity index (χ4v) is 5.34. The second kappa shape index (κ2) is 8.50. The van der Waals surface area contributed by atoms with Gasteiger partial charge in [-0.1, -0.05) is 58.7 Å². The van der Waals surface area contributed by atoms with Crippen LogP contribution in [-0.2, 0) is 21.2 Å². The maximum absolute atomic E-state index is 12.3. The molecule has 0 atom stereocenters. The van der Waals surface area contributed by atoms with Gasteiger partial charge in [0.05, 0.1) is 37.5 Å². The van der Waals surface area contributed by atoms with Gasteiger partial charge in [0.25, 0.3) is 0 Å². The molecular weight excluding hydrogens is 439 g/mol. The summed E-state index contributed by atoms with van der Waals surface area (Å²) in [6, 6.07) is 11.4. The standard InChI is InChI=1S/C19H14Cl2N2O3S2/c1-2-11-23-18-15(9-8-14(20)17(18)21)27-19(23)22-16(24)10-12-28(25,26)13-6-4-3-5-7-13/h1,3-9H,10-12H2. The van der Waals surface area contributed by atoms with Gasteiger partial charge in [-0.2, -0.15) is 4.99 Å². The van der Waals surface area contributed by atoms with Crippen LogP contribution in [0.15, 0.2) is 52.4 Å². The molecule has 144 valence electrons. The fourth-order valence-electron chi connectivity index (χ4n) is 2.56. The molecule has 0 spiro atoms.